The number of aromatic nitrogens is 3. The summed E-state index contributed by atoms with van der Waals surface area (Å²) in [6.07, 6.45) is 1.69. The van der Waals surface area contributed by atoms with Gasteiger partial charge in [0.1, 0.15) is 16.8 Å². The van der Waals surface area contributed by atoms with Crippen molar-refractivity contribution < 1.29 is 13.9 Å². The smallest absolute Gasteiger partial charge is 0.240 e. The number of hydrogen-bond donors (Lipinski definition) is 2. The number of rotatable bonds is 6. The fourth-order valence-corrected chi connectivity index (χ4v) is 4.41. The third kappa shape index (κ3) is 3.97. The highest BCUT2D eigenvalue weighted by Gasteiger charge is 2.38. The second-order valence-electron chi connectivity index (χ2n) is 6.87. The lowest BCUT2D eigenvalue weighted by Gasteiger charge is -2.33. The summed E-state index contributed by atoms with van der Waals surface area (Å²) in [6.45, 7) is 2.07. The first-order valence-electron chi connectivity index (χ1n) is 9.67. The fourth-order valence-electron chi connectivity index (χ4n) is 3.31. The van der Waals surface area contributed by atoms with Crippen molar-refractivity contribution >= 4 is 23.4 Å². The van der Waals surface area contributed by atoms with Crippen molar-refractivity contribution in [3.05, 3.63) is 65.7 Å². The van der Waals surface area contributed by atoms with E-state index in [-0.39, 0.29) is 17.6 Å². The molecule has 1 aromatic heterocycles. The molecule has 1 aliphatic heterocycles. The van der Waals surface area contributed by atoms with E-state index in [9.17, 15) is 9.18 Å². The number of fused-ring (bicyclic) bond motifs is 1. The Morgan fingerprint density at radius 2 is 2.00 bits per heavy atom. The quantitative estimate of drug-likeness (QED) is 0.623. The van der Waals surface area contributed by atoms with Gasteiger partial charge in [0.25, 0.3) is 0 Å². The zero-order valence-corrected chi connectivity index (χ0v) is 17.4. The van der Waals surface area contributed by atoms with Crippen LogP contribution in [-0.4, -0.2) is 33.1 Å². The van der Waals surface area contributed by atoms with Crippen LogP contribution < -0.4 is 15.5 Å². The second-order valence-corrected chi connectivity index (χ2v) is 7.98. The van der Waals surface area contributed by atoms with Crippen molar-refractivity contribution in [3.63, 3.8) is 0 Å². The predicted octanol–water partition coefficient (Wildman–Crippen LogP) is 3.78. The Labute approximate surface area is 178 Å². The zero-order chi connectivity index (χ0) is 21.1. The van der Waals surface area contributed by atoms with Crippen LogP contribution in [0.4, 0.5) is 10.1 Å². The molecule has 7 nitrogen and oxygen atoms in total. The minimum absolute atomic E-state index is 0.148. The van der Waals surface area contributed by atoms with Gasteiger partial charge in [0, 0.05) is 6.42 Å². The van der Waals surface area contributed by atoms with Crippen LogP contribution >= 0.6 is 11.8 Å². The molecular formula is C21H22FN5O2S. The van der Waals surface area contributed by atoms with Crippen LogP contribution in [0, 0.1) is 5.82 Å². The standard InChI is InChI=1S/C21H22FN5O2S/c1-3-6-17-24-25-21-27(17)26-18(13-9-11-14(29-2)12-10-13)19(30-21)20(28)23-16-8-5-4-7-15(16)22/h4-5,7-12,18-19,26H,3,6H2,1-2H3,(H,23,28)/t18-,19-/m0/s1. The summed E-state index contributed by atoms with van der Waals surface area (Å²) in [4.78, 5) is 13.1. The Bertz CT molecular complexity index is 1040. The number of thioether (sulfide) groups is 1. The highest BCUT2D eigenvalue weighted by Crippen LogP contribution is 2.38. The number of carbonyl (C=O) groups excluding carboxylic acids is 1. The summed E-state index contributed by atoms with van der Waals surface area (Å²) in [5, 5.41) is 11.2. The molecule has 2 aromatic carbocycles. The van der Waals surface area contributed by atoms with E-state index < -0.39 is 11.1 Å². The summed E-state index contributed by atoms with van der Waals surface area (Å²) in [6, 6.07) is 13.3. The van der Waals surface area contributed by atoms with E-state index in [1.807, 2.05) is 28.9 Å². The zero-order valence-electron chi connectivity index (χ0n) is 16.6. The highest BCUT2D eigenvalue weighted by molar-refractivity contribution is 8.00. The van der Waals surface area contributed by atoms with Crippen molar-refractivity contribution in [2.45, 2.75) is 36.2 Å². The molecule has 30 heavy (non-hydrogen) atoms. The Balaban J connectivity index is 1.67. The topological polar surface area (TPSA) is 81.1 Å². The lowest BCUT2D eigenvalue weighted by molar-refractivity contribution is -0.116. The van der Waals surface area contributed by atoms with Gasteiger partial charge in [0.15, 0.2) is 5.82 Å². The normalized spacial score (nSPS) is 17.7. The van der Waals surface area contributed by atoms with Gasteiger partial charge in [0.05, 0.1) is 18.8 Å². The van der Waals surface area contributed by atoms with Gasteiger partial charge < -0.3 is 15.5 Å². The maximum absolute atomic E-state index is 14.1. The van der Waals surface area contributed by atoms with Crippen LogP contribution in [0.2, 0.25) is 0 Å². The van der Waals surface area contributed by atoms with Gasteiger partial charge >= 0.3 is 0 Å². The fraction of sp³-hybridized carbons (Fsp3) is 0.286. The molecular weight excluding hydrogens is 405 g/mol. The molecule has 3 aromatic rings. The monoisotopic (exact) mass is 427 g/mol. The number of para-hydroxylation sites is 1. The first-order valence-corrected chi connectivity index (χ1v) is 10.6. The lowest BCUT2D eigenvalue weighted by Crippen LogP contribution is -2.41. The Morgan fingerprint density at radius 1 is 1.23 bits per heavy atom. The average Bonchev–Trinajstić information content (AvgIpc) is 3.16. The largest absolute Gasteiger partial charge is 0.497 e. The van der Waals surface area contributed by atoms with Crippen molar-refractivity contribution in [1.82, 2.24) is 14.9 Å². The number of halogens is 1. The average molecular weight is 428 g/mol. The molecule has 2 atom stereocenters. The molecule has 0 unspecified atom stereocenters. The van der Waals surface area contributed by atoms with Crippen LogP contribution in [0.3, 0.4) is 0 Å². The van der Waals surface area contributed by atoms with E-state index in [4.69, 9.17) is 4.74 Å². The minimum Gasteiger partial charge on any atom is -0.497 e. The molecule has 0 saturated heterocycles. The van der Waals surface area contributed by atoms with E-state index in [0.29, 0.717) is 5.16 Å². The Kier molecular flexibility index (Phi) is 5.89. The molecule has 0 radical (unpaired) electrons. The van der Waals surface area contributed by atoms with Gasteiger partial charge in [-0.25, -0.2) is 9.07 Å². The lowest BCUT2D eigenvalue weighted by atomic mass is 10.0. The first-order chi connectivity index (χ1) is 14.6. The molecule has 1 amide bonds. The number of aryl methyl sites for hydroxylation is 1. The molecule has 0 saturated carbocycles. The molecule has 2 heterocycles. The molecule has 4 rings (SSSR count). The second kappa shape index (κ2) is 8.74. The number of amides is 1. The molecule has 1 aliphatic rings. The number of benzene rings is 2. The van der Waals surface area contributed by atoms with Gasteiger partial charge in [-0.05, 0) is 36.2 Å². The maximum atomic E-state index is 14.1. The molecule has 2 N–H and O–H groups in total. The van der Waals surface area contributed by atoms with Crippen LogP contribution in [0.1, 0.15) is 30.8 Å². The maximum Gasteiger partial charge on any atom is 0.240 e. The highest BCUT2D eigenvalue weighted by atomic mass is 32.2. The van der Waals surface area contributed by atoms with Crippen molar-refractivity contribution in [3.8, 4) is 5.75 Å². The SMILES string of the molecule is CCCc1nnc2n1N[C@@H](c1ccc(OC)cc1)[C@@H](C(=O)Nc1ccccc1F)S2. The number of hydrogen-bond acceptors (Lipinski definition) is 6. The molecule has 0 spiro atoms. The number of carbonyl (C=O) groups is 1. The molecule has 0 aliphatic carbocycles. The number of nitrogens with one attached hydrogen (secondary N) is 2. The molecule has 9 heteroatoms. The van der Waals surface area contributed by atoms with Gasteiger partial charge in [0.2, 0.25) is 11.1 Å². The number of anilines is 1. The van der Waals surface area contributed by atoms with E-state index in [1.165, 1.54) is 17.8 Å². The van der Waals surface area contributed by atoms with E-state index in [0.717, 1.165) is 30.0 Å². The summed E-state index contributed by atoms with van der Waals surface area (Å²) in [5.74, 6) is 0.747. The number of ether oxygens (including phenoxy) is 1. The van der Waals surface area contributed by atoms with Crippen molar-refractivity contribution in [2.75, 3.05) is 17.9 Å². The summed E-state index contributed by atoms with van der Waals surface area (Å²) >= 11 is 1.31. The minimum atomic E-state index is -0.579. The van der Waals surface area contributed by atoms with Gasteiger partial charge in [-0.3, -0.25) is 4.79 Å². The van der Waals surface area contributed by atoms with E-state index in [2.05, 4.69) is 27.9 Å². The summed E-state index contributed by atoms with van der Waals surface area (Å²) in [5.41, 5.74) is 4.44. The molecule has 0 bridgehead atoms. The van der Waals surface area contributed by atoms with Crippen LogP contribution in [0.15, 0.2) is 53.7 Å². The van der Waals surface area contributed by atoms with Gasteiger partial charge in [-0.1, -0.05) is 43.0 Å². The summed E-state index contributed by atoms with van der Waals surface area (Å²) in [7, 11) is 1.61. The van der Waals surface area contributed by atoms with E-state index in [1.54, 1.807) is 25.3 Å². The third-order valence-corrected chi connectivity index (χ3v) is 6.06. The molecule has 0 fully saturated rings. The van der Waals surface area contributed by atoms with Crippen LogP contribution in [-0.2, 0) is 11.2 Å². The van der Waals surface area contributed by atoms with Crippen LogP contribution in [0.5, 0.6) is 5.75 Å². The first kappa shape index (κ1) is 20.2. The third-order valence-electron chi connectivity index (χ3n) is 4.84. The van der Waals surface area contributed by atoms with Crippen molar-refractivity contribution in [1.29, 1.82) is 0 Å². The number of nitrogens with zero attached hydrogens (tertiary/aromatic N) is 3. The van der Waals surface area contributed by atoms with Crippen molar-refractivity contribution in [2.24, 2.45) is 0 Å². The van der Waals surface area contributed by atoms with Gasteiger partial charge in [-0.15, -0.1) is 10.2 Å². The Morgan fingerprint density at radius 3 is 2.70 bits per heavy atom. The van der Waals surface area contributed by atoms with Crippen LogP contribution in [0.25, 0.3) is 0 Å². The van der Waals surface area contributed by atoms with E-state index >= 15 is 0 Å². The number of methoxy groups -OCH3 is 1. The molecule has 156 valence electrons. The Hall–Kier alpha value is -3.07. The summed E-state index contributed by atoms with van der Waals surface area (Å²) < 4.78 is 21.2. The predicted molar refractivity (Wildman–Crippen MR) is 114 cm³/mol. The van der Waals surface area contributed by atoms with Gasteiger partial charge in [-0.2, -0.15) is 0 Å².